The van der Waals surface area contributed by atoms with Gasteiger partial charge in [0.15, 0.2) is 64.1 Å². The third kappa shape index (κ3) is 10.1. The van der Waals surface area contributed by atoms with Crippen molar-refractivity contribution in [1.29, 1.82) is 0 Å². The van der Waals surface area contributed by atoms with Gasteiger partial charge in [-0.1, -0.05) is 70.6 Å². The molecule has 3 aromatic rings. The van der Waals surface area contributed by atoms with E-state index in [0.717, 1.165) is 0 Å². The van der Waals surface area contributed by atoms with Gasteiger partial charge >= 0.3 is 17.9 Å². The van der Waals surface area contributed by atoms with Gasteiger partial charge in [0.05, 0.1) is 49.2 Å². The van der Waals surface area contributed by atoms with E-state index in [1.54, 1.807) is 0 Å². The highest BCUT2D eigenvalue weighted by molar-refractivity contribution is 8.02. The van der Waals surface area contributed by atoms with Crippen LogP contribution in [0, 0.1) is 0 Å². The lowest BCUT2D eigenvalue weighted by Gasteiger charge is -2.29. The van der Waals surface area contributed by atoms with E-state index in [4.69, 9.17) is 42.6 Å². The van der Waals surface area contributed by atoms with Crippen LogP contribution < -0.4 is 28.4 Å². The van der Waals surface area contributed by atoms with Gasteiger partial charge in [0.25, 0.3) is 0 Å². The van der Waals surface area contributed by atoms with Crippen molar-refractivity contribution in [3.05, 3.63) is 33.4 Å². The normalized spacial score (nSPS) is 21.5. The Morgan fingerprint density at radius 3 is 0.726 bits per heavy atom. The van der Waals surface area contributed by atoms with Crippen LogP contribution in [0.15, 0.2) is 29.4 Å². The SMILES string of the molecule is CC1(C)Oc2c(c(C(c3c4c(c(C(=O)OCC(O)CO)c5c3SC(C)(C)O5)OC(C)(C)S4)c3c4c(c(C(=O)OCC(O)CO)c5c3SC(C)(C)O5)OC(C)(C)S4)c3c(c2C(=O)OCC(O)CO)OC(C)(C)S3)S1. The fourth-order valence-corrected chi connectivity index (χ4v) is 16.3. The summed E-state index contributed by atoms with van der Waals surface area (Å²) in [4.78, 5) is 40.7. The van der Waals surface area contributed by atoms with Crippen molar-refractivity contribution < 1.29 is 87.7 Å². The van der Waals surface area contributed by atoms with Crippen molar-refractivity contribution in [2.75, 3.05) is 39.6 Å². The molecule has 6 aliphatic rings. The van der Waals surface area contributed by atoms with Gasteiger partial charge < -0.3 is 73.3 Å². The number of thioether (sulfide) groups is 6. The maximum absolute atomic E-state index is 14.5. The Balaban J connectivity index is 1.46. The minimum Gasteiger partial charge on any atom is -0.475 e. The second-order valence-electron chi connectivity index (χ2n) is 20.7. The van der Waals surface area contributed by atoms with E-state index in [2.05, 4.69) is 0 Å². The summed E-state index contributed by atoms with van der Waals surface area (Å²) < 4.78 is 57.8. The zero-order chi connectivity index (χ0) is 53.3. The van der Waals surface area contributed by atoms with E-state index in [1.165, 1.54) is 70.6 Å². The maximum Gasteiger partial charge on any atom is 0.345 e. The van der Waals surface area contributed by atoms with E-state index in [9.17, 15) is 45.0 Å². The van der Waals surface area contributed by atoms with Crippen molar-refractivity contribution in [3.8, 4) is 34.5 Å². The molecule has 0 aliphatic carbocycles. The Bertz CT molecular complexity index is 2390. The number of benzene rings is 3. The molecule has 3 aromatic carbocycles. The average Bonchev–Trinajstić information content (AvgIpc) is 4.11. The molecule has 6 N–H and O–H groups in total. The van der Waals surface area contributed by atoms with Crippen LogP contribution in [0.5, 0.6) is 34.5 Å². The van der Waals surface area contributed by atoms with Crippen molar-refractivity contribution >= 4 is 88.5 Å². The first-order valence-electron chi connectivity index (χ1n) is 23.3. The van der Waals surface area contributed by atoms with Crippen molar-refractivity contribution in [1.82, 2.24) is 0 Å². The molecule has 0 radical (unpaired) electrons. The molecule has 3 atom stereocenters. The van der Waals surface area contributed by atoms with Crippen LogP contribution in [0.1, 0.15) is 137 Å². The summed E-state index contributed by atoms with van der Waals surface area (Å²) in [6.45, 7) is 18.8. The highest BCUT2D eigenvalue weighted by Gasteiger charge is 2.55. The van der Waals surface area contributed by atoms with Crippen LogP contribution in [-0.4, -0.2) is 136 Å². The minimum absolute atomic E-state index is 0.0265. The fourth-order valence-electron chi connectivity index (χ4n) is 8.97. The Morgan fingerprint density at radius 1 is 0.384 bits per heavy atom. The number of fused-ring (bicyclic) bond motifs is 6. The largest absolute Gasteiger partial charge is 0.475 e. The zero-order valence-corrected chi connectivity index (χ0v) is 47.0. The summed E-state index contributed by atoms with van der Waals surface area (Å²) >= 11 is 8.15. The van der Waals surface area contributed by atoms with Crippen molar-refractivity contribution in [2.24, 2.45) is 0 Å². The number of aliphatic hydroxyl groups is 6. The topological polar surface area (TPSA) is 256 Å². The van der Waals surface area contributed by atoms with E-state index in [0.29, 0.717) is 46.1 Å². The van der Waals surface area contributed by atoms with Crippen LogP contribution in [0.3, 0.4) is 0 Å². The number of carbonyl (C=O) groups excluding carboxylic acids is 3. The Hall–Kier alpha value is -3.27. The molecule has 9 rings (SSSR count). The molecular formula is C49H58O18S6. The number of hydrogen-bond acceptors (Lipinski definition) is 24. The molecule has 0 saturated heterocycles. The van der Waals surface area contributed by atoms with E-state index >= 15 is 0 Å². The van der Waals surface area contributed by atoms with Gasteiger partial charge in [-0.2, -0.15) is 0 Å². The zero-order valence-electron chi connectivity index (χ0n) is 42.1. The molecule has 6 aliphatic heterocycles. The molecule has 18 nitrogen and oxygen atoms in total. The van der Waals surface area contributed by atoms with Crippen molar-refractivity contribution in [3.63, 3.8) is 0 Å². The quantitative estimate of drug-likeness (QED) is 0.0484. The van der Waals surface area contributed by atoms with E-state index in [-0.39, 0.29) is 51.2 Å². The molecule has 24 heteroatoms. The average molecular weight is 1130 g/mol. The van der Waals surface area contributed by atoms with Gasteiger partial charge in [-0.3, -0.25) is 0 Å². The number of ether oxygens (including phenoxy) is 9. The number of aliphatic hydroxyl groups excluding tert-OH is 6. The first kappa shape index (κ1) is 54.5. The van der Waals surface area contributed by atoms with Gasteiger partial charge in [0, 0.05) is 5.92 Å². The van der Waals surface area contributed by atoms with Gasteiger partial charge in [-0.15, -0.1) is 0 Å². The third-order valence-electron chi connectivity index (χ3n) is 11.6. The number of esters is 3. The summed E-state index contributed by atoms with van der Waals surface area (Å²) in [5.41, 5.74) is 1.77. The number of hydrogen-bond donors (Lipinski definition) is 6. The molecule has 398 valence electrons. The molecule has 0 amide bonds. The highest BCUT2D eigenvalue weighted by atomic mass is 32.2. The van der Waals surface area contributed by atoms with Gasteiger partial charge in [-0.25, -0.2) is 14.4 Å². The molecule has 0 aromatic heterocycles. The van der Waals surface area contributed by atoms with Crippen LogP contribution in [0.2, 0.25) is 0 Å². The minimum atomic E-state index is -1.36. The Labute approximate surface area is 447 Å². The smallest absolute Gasteiger partial charge is 0.345 e. The van der Waals surface area contributed by atoms with Crippen LogP contribution in [0.4, 0.5) is 0 Å². The van der Waals surface area contributed by atoms with E-state index < -0.39 is 111 Å². The molecule has 73 heavy (non-hydrogen) atoms. The second-order valence-corrected chi connectivity index (χ2v) is 30.3. The lowest BCUT2D eigenvalue weighted by Crippen LogP contribution is -2.24. The predicted octanol–water partition coefficient (Wildman–Crippen LogP) is 7.72. The molecule has 3 unspecified atom stereocenters. The monoisotopic (exact) mass is 1130 g/mol. The molecule has 0 fully saturated rings. The summed E-state index contributed by atoms with van der Waals surface area (Å²) in [7, 11) is 0. The Kier molecular flexibility index (Phi) is 14.2. The highest BCUT2D eigenvalue weighted by Crippen LogP contribution is 2.71. The maximum atomic E-state index is 14.5. The second kappa shape index (κ2) is 19.0. The van der Waals surface area contributed by atoms with Crippen LogP contribution in [0.25, 0.3) is 0 Å². The van der Waals surface area contributed by atoms with Crippen molar-refractivity contribution in [2.45, 2.75) is 166 Å². The molecule has 0 saturated carbocycles. The van der Waals surface area contributed by atoms with E-state index in [1.807, 2.05) is 83.1 Å². The van der Waals surface area contributed by atoms with Gasteiger partial charge in [-0.05, 0) is 99.8 Å². The molecular weight excluding hydrogens is 1070 g/mol. The summed E-state index contributed by atoms with van der Waals surface area (Å²) in [5.74, 6) is -2.72. The summed E-state index contributed by atoms with van der Waals surface area (Å²) in [6, 6.07) is 0. The predicted molar refractivity (Wildman–Crippen MR) is 274 cm³/mol. The summed E-state index contributed by atoms with van der Waals surface area (Å²) in [6.07, 6.45) is -4.08. The van der Waals surface area contributed by atoms with Gasteiger partial charge in [0.2, 0.25) is 0 Å². The first-order chi connectivity index (χ1) is 33.9. The lowest BCUT2D eigenvalue weighted by atomic mass is 9.82. The number of carbonyl (C=O) groups is 3. The number of rotatable bonds is 15. The third-order valence-corrected chi connectivity index (χ3v) is 18.7. The fraction of sp³-hybridized carbons (Fsp3) is 0.571. The van der Waals surface area contributed by atoms with Crippen LogP contribution in [-0.2, 0) is 14.2 Å². The molecule has 6 heterocycles. The summed E-state index contributed by atoms with van der Waals surface area (Å²) in [5, 5.41) is 59.9. The van der Waals surface area contributed by atoms with Gasteiger partial charge in [0.1, 0.15) is 54.8 Å². The lowest BCUT2D eigenvalue weighted by molar-refractivity contribution is 0.00812. The first-order valence-corrected chi connectivity index (χ1v) is 28.2. The standard InChI is InChI=1S/C49H58O18S6/c1-44(2)62-29-26(41(56)59-16-19(53)13-50)30-36(69-45(3,4)63-30)23(35(29)68-44)22(24-37-31(64-46(5,6)70-37)27(42(57)60-17-20(54)14-51)32-38(24)71-47(7,8)65-32)25-39-33(66-48(9,10)72-39)28(43(58)61-18-21(55)15-52)34-40(25)73-49(11,12)67-34/h19-22,50-55H,13-18H2,1-12H3. The van der Waals surface area contributed by atoms with Crippen LogP contribution >= 0.6 is 70.6 Å². The molecule has 0 spiro atoms. The molecule has 0 bridgehead atoms. The Morgan fingerprint density at radius 2 is 0.562 bits per heavy atom.